The Morgan fingerprint density at radius 1 is 1.12 bits per heavy atom. The first kappa shape index (κ1) is 16.7. The van der Waals surface area contributed by atoms with Crippen molar-refractivity contribution in [2.45, 2.75) is 17.1 Å². The highest BCUT2D eigenvalue weighted by Crippen LogP contribution is 2.32. The minimum atomic E-state index is -4.59. The number of anilines is 1. The van der Waals surface area contributed by atoms with Gasteiger partial charge in [-0.1, -0.05) is 6.07 Å². The summed E-state index contributed by atoms with van der Waals surface area (Å²) in [6, 6.07) is 5.20. The fraction of sp³-hybridized carbons (Fsp3) is 0.286. The largest absolute Gasteiger partial charge is 0.416 e. The van der Waals surface area contributed by atoms with Crippen LogP contribution in [0.25, 0.3) is 0 Å². The third-order valence-electron chi connectivity index (χ3n) is 3.55. The van der Waals surface area contributed by atoms with E-state index in [9.17, 15) is 21.6 Å². The number of hydrogen-bond acceptors (Lipinski definition) is 5. The van der Waals surface area contributed by atoms with E-state index in [0.29, 0.717) is 12.0 Å². The van der Waals surface area contributed by atoms with Gasteiger partial charge in [0.1, 0.15) is 0 Å². The van der Waals surface area contributed by atoms with Gasteiger partial charge in [0.2, 0.25) is 16.0 Å². The number of nitrogens with zero attached hydrogens (tertiary/aromatic N) is 3. The lowest BCUT2D eigenvalue weighted by atomic mass is 10.2. The third-order valence-corrected chi connectivity index (χ3v) is 5.37. The highest BCUT2D eigenvalue weighted by Gasteiger charge is 2.38. The van der Waals surface area contributed by atoms with Gasteiger partial charge in [-0.05, 0) is 24.3 Å². The number of hydrogen-bond donors (Lipinski definition) is 1. The Labute approximate surface area is 136 Å². The Morgan fingerprint density at radius 3 is 2.42 bits per heavy atom. The van der Waals surface area contributed by atoms with Gasteiger partial charge in [0.25, 0.3) is 0 Å². The summed E-state index contributed by atoms with van der Waals surface area (Å²) in [5.41, 5.74) is -0.989. The van der Waals surface area contributed by atoms with Crippen molar-refractivity contribution in [2.24, 2.45) is 0 Å². The number of sulfonamides is 1. The molecular formula is C14H13F3N4O2S. The molecule has 0 radical (unpaired) electrons. The van der Waals surface area contributed by atoms with Gasteiger partial charge in [-0.15, -0.1) is 0 Å². The Balaban J connectivity index is 1.70. The molecular weight excluding hydrogens is 345 g/mol. The van der Waals surface area contributed by atoms with Crippen LogP contribution in [-0.2, 0) is 16.2 Å². The summed E-state index contributed by atoms with van der Waals surface area (Å²) in [5, 5.41) is 2.96. The summed E-state index contributed by atoms with van der Waals surface area (Å²) in [4.78, 5) is 7.57. The fourth-order valence-corrected chi connectivity index (χ4v) is 3.84. The first-order valence-corrected chi connectivity index (χ1v) is 8.42. The number of benzene rings is 1. The van der Waals surface area contributed by atoms with Crippen LogP contribution < -0.4 is 5.32 Å². The summed E-state index contributed by atoms with van der Waals surface area (Å²) < 4.78 is 64.1. The summed E-state index contributed by atoms with van der Waals surface area (Å²) in [7, 11) is -3.96. The Hall–Kier alpha value is -2.20. The van der Waals surface area contributed by atoms with E-state index >= 15 is 0 Å². The molecule has 0 aliphatic carbocycles. The smallest absolute Gasteiger partial charge is 0.349 e. The van der Waals surface area contributed by atoms with Crippen LogP contribution >= 0.6 is 0 Å². The number of aromatic nitrogens is 2. The molecule has 0 amide bonds. The Morgan fingerprint density at radius 2 is 1.79 bits per heavy atom. The van der Waals surface area contributed by atoms with Crippen LogP contribution in [0.5, 0.6) is 0 Å². The second-order valence-corrected chi connectivity index (χ2v) is 7.20. The Kier molecular flexibility index (Phi) is 4.18. The molecule has 1 N–H and O–H groups in total. The van der Waals surface area contributed by atoms with Crippen molar-refractivity contribution in [1.82, 2.24) is 14.3 Å². The lowest BCUT2D eigenvalue weighted by molar-refractivity contribution is -0.137. The first-order chi connectivity index (χ1) is 11.3. The van der Waals surface area contributed by atoms with Gasteiger partial charge in [0.05, 0.1) is 16.5 Å². The molecule has 0 saturated carbocycles. The summed E-state index contributed by atoms with van der Waals surface area (Å²) in [6.07, 6.45) is -1.49. The van der Waals surface area contributed by atoms with Gasteiger partial charge in [-0.3, -0.25) is 0 Å². The van der Waals surface area contributed by atoms with E-state index in [1.54, 1.807) is 18.5 Å². The molecule has 0 atom stereocenters. The molecule has 2 heterocycles. The average molecular weight is 358 g/mol. The van der Waals surface area contributed by atoms with E-state index in [1.165, 1.54) is 0 Å². The second kappa shape index (κ2) is 6.02. The quantitative estimate of drug-likeness (QED) is 0.905. The van der Waals surface area contributed by atoms with Crippen LogP contribution in [-0.4, -0.2) is 41.8 Å². The van der Waals surface area contributed by atoms with Crippen LogP contribution in [0, 0.1) is 0 Å². The second-order valence-electron chi connectivity index (χ2n) is 5.26. The van der Waals surface area contributed by atoms with Gasteiger partial charge in [-0.2, -0.15) is 17.5 Å². The minimum Gasteiger partial charge on any atom is -0.349 e. The van der Waals surface area contributed by atoms with Crippen molar-refractivity contribution in [2.75, 3.05) is 18.4 Å². The lowest BCUT2D eigenvalue weighted by Gasteiger charge is -2.38. The van der Waals surface area contributed by atoms with Gasteiger partial charge in [0, 0.05) is 25.5 Å². The fourth-order valence-electron chi connectivity index (χ4n) is 2.26. The minimum absolute atomic E-state index is 0.136. The summed E-state index contributed by atoms with van der Waals surface area (Å²) in [5.74, 6) is 0.374. The predicted molar refractivity (Wildman–Crippen MR) is 79.6 cm³/mol. The van der Waals surface area contributed by atoms with E-state index in [-0.39, 0.29) is 24.0 Å². The molecule has 0 unspecified atom stereocenters. The van der Waals surface area contributed by atoms with Crippen molar-refractivity contribution in [1.29, 1.82) is 0 Å². The molecule has 0 bridgehead atoms. The maximum Gasteiger partial charge on any atom is 0.416 e. The monoisotopic (exact) mass is 358 g/mol. The van der Waals surface area contributed by atoms with Crippen molar-refractivity contribution >= 4 is 16.0 Å². The van der Waals surface area contributed by atoms with Crippen molar-refractivity contribution < 1.29 is 21.6 Å². The van der Waals surface area contributed by atoms with Crippen LogP contribution in [0.2, 0.25) is 0 Å². The number of alkyl halides is 3. The first-order valence-electron chi connectivity index (χ1n) is 6.98. The highest BCUT2D eigenvalue weighted by atomic mass is 32.2. The van der Waals surface area contributed by atoms with Gasteiger partial charge in [-0.25, -0.2) is 18.4 Å². The molecule has 3 rings (SSSR count). The zero-order chi connectivity index (χ0) is 17.4. The van der Waals surface area contributed by atoms with E-state index in [4.69, 9.17) is 0 Å². The zero-order valence-electron chi connectivity index (χ0n) is 12.2. The zero-order valence-corrected chi connectivity index (χ0v) is 13.0. The van der Waals surface area contributed by atoms with Crippen LogP contribution in [0.3, 0.4) is 0 Å². The highest BCUT2D eigenvalue weighted by molar-refractivity contribution is 7.89. The Bertz CT molecular complexity index is 821. The SMILES string of the molecule is O=S(=O)(c1cccc(C(F)(F)F)c1)N1CC(Nc2ncccn2)C1. The number of rotatable bonds is 4. The maximum absolute atomic E-state index is 12.7. The lowest BCUT2D eigenvalue weighted by Crippen LogP contribution is -2.56. The standard InChI is InChI=1S/C14H13F3N4O2S/c15-14(16,17)10-3-1-4-12(7-10)24(22,23)21-8-11(9-21)20-13-18-5-2-6-19-13/h1-7,11H,8-9H2,(H,18,19,20). The van der Waals surface area contributed by atoms with E-state index in [2.05, 4.69) is 15.3 Å². The predicted octanol–water partition coefficient (Wildman–Crippen LogP) is 1.98. The molecule has 0 spiro atoms. The molecule has 1 aliphatic heterocycles. The van der Waals surface area contributed by atoms with Crippen molar-refractivity contribution in [3.63, 3.8) is 0 Å². The number of halogens is 3. The van der Waals surface area contributed by atoms with Crippen LogP contribution in [0.15, 0.2) is 47.6 Å². The van der Waals surface area contributed by atoms with Gasteiger partial charge >= 0.3 is 6.18 Å². The van der Waals surface area contributed by atoms with Gasteiger partial charge in [0.15, 0.2) is 0 Å². The molecule has 6 nitrogen and oxygen atoms in total. The summed E-state index contributed by atoms with van der Waals surface area (Å²) in [6.45, 7) is 0.271. The normalized spacial score (nSPS) is 16.6. The molecule has 128 valence electrons. The van der Waals surface area contributed by atoms with Gasteiger partial charge < -0.3 is 5.32 Å². The van der Waals surface area contributed by atoms with Crippen molar-refractivity contribution in [3.8, 4) is 0 Å². The number of nitrogens with one attached hydrogen (secondary N) is 1. The molecule has 10 heteroatoms. The van der Waals surface area contributed by atoms with E-state index in [0.717, 1.165) is 22.5 Å². The van der Waals surface area contributed by atoms with E-state index < -0.39 is 21.8 Å². The molecule has 2 aromatic rings. The van der Waals surface area contributed by atoms with Crippen molar-refractivity contribution in [3.05, 3.63) is 48.3 Å². The molecule has 1 aliphatic rings. The maximum atomic E-state index is 12.7. The van der Waals surface area contributed by atoms with Crippen LogP contribution in [0.4, 0.5) is 19.1 Å². The molecule has 1 saturated heterocycles. The molecule has 1 aromatic carbocycles. The third kappa shape index (κ3) is 3.34. The average Bonchev–Trinajstić information content (AvgIpc) is 2.50. The van der Waals surface area contributed by atoms with Crippen LogP contribution in [0.1, 0.15) is 5.56 Å². The molecule has 24 heavy (non-hydrogen) atoms. The van der Waals surface area contributed by atoms with E-state index in [1.807, 2.05) is 0 Å². The molecule has 1 aromatic heterocycles. The molecule has 1 fully saturated rings. The summed E-state index contributed by atoms with van der Waals surface area (Å²) >= 11 is 0. The topological polar surface area (TPSA) is 75.2 Å².